The summed E-state index contributed by atoms with van der Waals surface area (Å²) >= 11 is 0. The lowest BCUT2D eigenvalue weighted by Gasteiger charge is -2.16. The standard InChI is InChI=1S/C17H17N3O3/c1-8-11-6-13-14(7-12(11)20-17(8)22)19-16(18-13)10-4-3-9(21)5-15(10)23-2/h3-8,16,18-19,21H,1-2H3,(H,20,22). The first-order valence-electron chi connectivity index (χ1n) is 7.45. The van der Waals surface area contributed by atoms with Crippen molar-refractivity contribution in [2.24, 2.45) is 0 Å². The van der Waals surface area contributed by atoms with Crippen LogP contribution in [0.1, 0.15) is 30.1 Å². The maximum Gasteiger partial charge on any atom is 0.231 e. The number of carbonyl (C=O) groups excluding carboxylic acids is 1. The summed E-state index contributed by atoms with van der Waals surface area (Å²) in [6, 6.07) is 9.00. The average molecular weight is 311 g/mol. The molecule has 23 heavy (non-hydrogen) atoms. The fourth-order valence-electron chi connectivity index (χ4n) is 3.14. The summed E-state index contributed by atoms with van der Waals surface area (Å²) in [5.41, 5.74) is 4.64. The predicted octanol–water partition coefficient (Wildman–Crippen LogP) is 2.99. The van der Waals surface area contributed by atoms with E-state index in [-0.39, 0.29) is 23.7 Å². The zero-order valence-corrected chi connectivity index (χ0v) is 12.8. The van der Waals surface area contributed by atoms with Crippen LogP contribution in [0.4, 0.5) is 17.1 Å². The van der Waals surface area contributed by atoms with Crippen LogP contribution in [-0.4, -0.2) is 18.1 Å². The smallest absolute Gasteiger partial charge is 0.231 e. The summed E-state index contributed by atoms with van der Waals surface area (Å²) in [4.78, 5) is 11.8. The van der Waals surface area contributed by atoms with Crippen LogP contribution >= 0.6 is 0 Å². The highest BCUT2D eigenvalue weighted by atomic mass is 16.5. The Morgan fingerprint density at radius 3 is 2.52 bits per heavy atom. The molecule has 2 heterocycles. The number of ether oxygens (including phenoxy) is 1. The van der Waals surface area contributed by atoms with E-state index in [4.69, 9.17) is 4.74 Å². The van der Waals surface area contributed by atoms with E-state index in [9.17, 15) is 9.90 Å². The first kappa shape index (κ1) is 13.8. The molecule has 118 valence electrons. The third-order valence-electron chi connectivity index (χ3n) is 4.44. The number of methoxy groups -OCH3 is 1. The van der Waals surface area contributed by atoms with Crippen LogP contribution in [0.3, 0.4) is 0 Å². The number of benzene rings is 2. The van der Waals surface area contributed by atoms with Gasteiger partial charge in [0.25, 0.3) is 0 Å². The Morgan fingerprint density at radius 2 is 1.78 bits per heavy atom. The van der Waals surface area contributed by atoms with E-state index in [0.29, 0.717) is 5.75 Å². The maximum atomic E-state index is 11.8. The molecule has 0 radical (unpaired) electrons. The van der Waals surface area contributed by atoms with Gasteiger partial charge in [0.15, 0.2) is 0 Å². The van der Waals surface area contributed by atoms with Crippen molar-refractivity contribution >= 4 is 23.0 Å². The molecule has 0 spiro atoms. The Labute approximate surface area is 133 Å². The van der Waals surface area contributed by atoms with Crippen LogP contribution in [0.15, 0.2) is 30.3 Å². The molecule has 4 N–H and O–H groups in total. The second kappa shape index (κ2) is 4.81. The molecule has 0 aliphatic carbocycles. The highest BCUT2D eigenvalue weighted by Gasteiger charge is 2.31. The summed E-state index contributed by atoms with van der Waals surface area (Å²) in [6.45, 7) is 1.90. The molecule has 6 heteroatoms. The van der Waals surface area contributed by atoms with Crippen LogP contribution in [0, 0.1) is 0 Å². The highest BCUT2D eigenvalue weighted by Crippen LogP contribution is 2.44. The number of amides is 1. The van der Waals surface area contributed by atoms with Gasteiger partial charge < -0.3 is 25.8 Å². The zero-order chi connectivity index (χ0) is 16.1. The van der Waals surface area contributed by atoms with Crippen molar-refractivity contribution in [1.82, 2.24) is 0 Å². The number of phenols is 1. The number of nitrogens with one attached hydrogen (secondary N) is 3. The van der Waals surface area contributed by atoms with Gasteiger partial charge >= 0.3 is 0 Å². The number of fused-ring (bicyclic) bond motifs is 2. The lowest BCUT2D eigenvalue weighted by molar-refractivity contribution is -0.116. The molecule has 2 aromatic carbocycles. The predicted molar refractivity (Wildman–Crippen MR) is 88.1 cm³/mol. The molecule has 1 amide bonds. The molecule has 2 unspecified atom stereocenters. The Balaban J connectivity index is 1.68. The molecule has 0 aromatic heterocycles. The minimum absolute atomic E-state index is 0.0282. The summed E-state index contributed by atoms with van der Waals surface area (Å²) in [5.74, 6) is 0.661. The van der Waals surface area contributed by atoms with Gasteiger partial charge in [-0.25, -0.2) is 0 Å². The summed E-state index contributed by atoms with van der Waals surface area (Å²) in [5, 5.41) is 19.3. The third kappa shape index (κ3) is 2.06. The monoisotopic (exact) mass is 311 g/mol. The Morgan fingerprint density at radius 1 is 1.04 bits per heavy atom. The topological polar surface area (TPSA) is 82.6 Å². The van der Waals surface area contributed by atoms with E-state index >= 15 is 0 Å². The zero-order valence-electron chi connectivity index (χ0n) is 12.8. The molecular formula is C17H17N3O3. The van der Waals surface area contributed by atoms with Gasteiger partial charge in [-0.3, -0.25) is 4.79 Å². The summed E-state index contributed by atoms with van der Waals surface area (Å²) in [6.07, 6.45) is -0.158. The van der Waals surface area contributed by atoms with Crippen molar-refractivity contribution in [1.29, 1.82) is 0 Å². The third-order valence-corrected chi connectivity index (χ3v) is 4.44. The molecule has 0 bridgehead atoms. The SMILES string of the molecule is COc1cc(O)ccc1C1Nc2cc3c(cc2N1)C(C)C(=O)N3. The number of carbonyl (C=O) groups is 1. The van der Waals surface area contributed by atoms with Crippen molar-refractivity contribution < 1.29 is 14.6 Å². The van der Waals surface area contributed by atoms with Gasteiger partial charge in [0.1, 0.15) is 17.7 Å². The van der Waals surface area contributed by atoms with Crippen LogP contribution in [0.5, 0.6) is 11.5 Å². The van der Waals surface area contributed by atoms with Gasteiger partial charge in [-0.15, -0.1) is 0 Å². The van der Waals surface area contributed by atoms with Crippen LogP contribution < -0.4 is 20.7 Å². The summed E-state index contributed by atoms with van der Waals surface area (Å²) < 4.78 is 5.35. The van der Waals surface area contributed by atoms with E-state index in [1.807, 2.05) is 25.1 Å². The highest BCUT2D eigenvalue weighted by molar-refractivity contribution is 6.04. The van der Waals surface area contributed by atoms with Gasteiger partial charge in [0, 0.05) is 17.3 Å². The first-order chi connectivity index (χ1) is 11.1. The number of hydrogen-bond acceptors (Lipinski definition) is 5. The Kier molecular flexibility index (Phi) is 2.87. The maximum absolute atomic E-state index is 11.8. The lowest BCUT2D eigenvalue weighted by Crippen LogP contribution is -2.13. The largest absolute Gasteiger partial charge is 0.508 e. The van der Waals surface area contributed by atoms with Crippen molar-refractivity contribution in [3.8, 4) is 11.5 Å². The van der Waals surface area contributed by atoms with Crippen molar-refractivity contribution in [3.63, 3.8) is 0 Å². The van der Waals surface area contributed by atoms with E-state index in [1.54, 1.807) is 19.2 Å². The summed E-state index contributed by atoms with van der Waals surface area (Å²) in [7, 11) is 1.58. The number of aromatic hydroxyl groups is 1. The van der Waals surface area contributed by atoms with Crippen LogP contribution in [-0.2, 0) is 4.79 Å². The normalized spacial score (nSPS) is 21.0. The van der Waals surface area contributed by atoms with Crippen molar-refractivity contribution in [3.05, 3.63) is 41.5 Å². The van der Waals surface area contributed by atoms with Crippen molar-refractivity contribution in [2.45, 2.75) is 19.0 Å². The number of phenolic OH excluding ortho intramolecular Hbond substituents is 1. The molecular weight excluding hydrogens is 294 g/mol. The Hall–Kier alpha value is -2.89. The van der Waals surface area contributed by atoms with Crippen molar-refractivity contribution in [2.75, 3.05) is 23.1 Å². The van der Waals surface area contributed by atoms with Gasteiger partial charge in [-0.05, 0) is 36.8 Å². The van der Waals surface area contributed by atoms with E-state index < -0.39 is 0 Å². The molecule has 2 aliphatic heterocycles. The molecule has 0 fully saturated rings. The van der Waals surface area contributed by atoms with Gasteiger partial charge in [-0.1, -0.05) is 0 Å². The molecule has 2 aromatic rings. The number of rotatable bonds is 2. The number of anilines is 3. The molecule has 2 atom stereocenters. The minimum atomic E-state index is -0.158. The van der Waals surface area contributed by atoms with E-state index in [0.717, 1.165) is 28.2 Å². The van der Waals surface area contributed by atoms with Gasteiger partial charge in [0.05, 0.1) is 24.4 Å². The minimum Gasteiger partial charge on any atom is -0.508 e. The van der Waals surface area contributed by atoms with Gasteiger partial charge in [0.2, 0.25) is 5.91 Å². The lowest BCUT2D eigenvalue weighted by atomic mass is 10.0. The molecule has 0 saturated carbocycles. The molecule has 4 rings (SSSR count). The fraction of sp³-hybridized carbons (Fsp3) is 0.235. The molecule has 0 saturated heterocycles. The van der Waals surface area contributed by atoms with Crippen LogP contribution in [0.2, 0.25) is 0 Å². The second-order valence-corrected chi connectivity index (χ2v) is 5.84. The Bertz CT molecular complexity index is 819. The molecule has 2 aliphatic rings. The van der Waals surface area contributed by atoms with E-state index in [2.05, 4.69) is 16.0 Å². The quantitative estimate of drug-likeness (QED) is 0.685. The fourth-order valence-corrected chi connectivity index (χ4v) is 3.14. The first-order valence-corrected chi connectivity index (χ1v) is 7.45. The van der Waals surface area contributed by atoms with Crippen LogP contribution in [0.25, 0.3) is 0 Å². The number of hydrogen-bond donors (Lipinski definition) is 4. The average Bonchev–Trinajstić information content (AvgIpc) is 3.06. The second-order valence-electron chi connectivity index (χ2n) is 5.84. The van der Waals surface area contributed by atoms with Gasteiger partial charge in [-0.2, -0.15) is 0 Å². The molecule has 6 nitrogen and oxygen atoms in total. The van der Waals surface area contributed by atoms with E-state index in [1.165, 1.54) is 0 Å².